The van der Waals surface area contributed by atoms with Gasteiger partial charge in [0.15, 0.2) is 0 Å². The van der Waals surface area contributed by atoms with Crippen molar-refractivity contribution in [2.75, 3.05) is 13.7 Å². The number of H-pyrrole nitrogens is 1. The Bertz CT molecular complexity index is 379. The summed E-state index contributed by atoms with van der Waals surface area (Å²) in [6.07, 6.45) is 2.42. The van der Waals surface area contributed by atoms with Gasteiger partial charge in [-0.1, -0.05) is 0 Å². The smallest absolute Gasteiger partial charge is 0.315 e. The first kappa shape index (κ1) is 14.0. The van der Waals surface area contributed by atoms with Crippen molar-refractivity contribution >= 4 is 12.0 Å². The van der Waals surface area contributed by atoms with E-state index in [1.807, 2.05) is 0 Å². The number of methoxy groups -OCH3 is 1. The zero-order chi connectivity index (χ0) is 13.4. The van der Waals surface area contributed by atoms with Crippen LogP contribution in [0.2, 0.25) is 0 Å². The van der Waals surface area contributed by atoms with Crippen LogP contribution in [0.4, 0.5) is 4.79 Å². The van der Waals surface area contributed by atoms with Crippen LogP contribution in [-0.2, 0) is 16.1 Å². The number of aromatic nitrogens is 2. The Morgan fingerprint density at radius 1 is 1.56 bits per heavy atom. The van der Waals surface area contributed by atoms with E-state index in [2.05, 4.69) is 20.6 Å². The third-order valence-electron chi connectivity index (χ3n) is 2.22. The van der Waals surface area contributed by atoms with Crippen LogP contribution in [-0.4, -0.2) is 46.8 Å². The Morgan fingerprint density at radius 2 is 2.33 bits per heavy atom. The fourth-order valence-electron chi connectivity index (χ4n) is 1.26. The number of carbonyl (C=O) groups excluding carboxylic acids is 1. The number of imidazole rings is 1. The molecule has 0 aromatic carbocycles. The molecule has 18 heavy (non-hydrogen) atoms. The minimum Gasteiger partial charge on any atom is -0.481 e. The molecule has 0 aliphatic heterocycles. The van der Waals surface area contributed by atoms with E-state index in [0.29, 0.717) is 6.54 Å². The summed E-state index contributed by atoms with van der Waals surface area (Å²) in [7, 11) is 1.40. The first-order valence-electron chi connectivity index (χ1n) is 5.35. The highest BCUT2D eigenvalue weighted by Gasteiger charge is 2.13. The maximum Gasteiger partial charge on any atom is 0.315 e. The Morgan fingerprint density at radius 3 is 2.89 bits per heavy atom. The summed E-state index contributed by atoms with van der Waals surface area (Å²) in [5, 5.41) is 13.7. The lowest BCUT2D eigenvalue weighted by atomic mass is 10.2. The van der Waals surface area contributed by atoms with E-state index in [-0.39, 0.29) is 13.0 Å². The average molecular weight is 256 g/mol. The number of ether oxygens (including phenoxy) is 1. The predicted molar refractivity (Wildman–Crippen MR) is 61.9 cm³/mol. The van der Waals surface area contributed by atoms with Gasteiger partial charge in [0.05, 0.1) is 31.1 Å². The molecule has 0 spiro atoms. The van der Waals surface area contributed by atoms with Crippen molar-refractivity contribution in [1.82, 2.24) is 20.6 Å². The van der Waals surface area contributed by atoms with Crippen LogP contribution < -0.4 is 10.6 Å². The molecule has 8 nitrogen and oxygen atoms in total. The van der Waals surface area contributed by atoms with Gasteiger partial charge >= 0.3 is 12.0 Å². The summed E-state index contributed by atoms with van der Waals surface area (Å²) < 4.78 is 4.92. The third-order valence-corrected chi connectivity index (χ3v) is 2.22. The van der Waals surface area contributed by atoms with Crippen LogP contribution >= 0.6 is 0 Å². The topological polar surface area (TPSA) is 116 Å². The number of urea groups is 1. The zero-order valence-electron chi connectivity index (χ0n) is 9.97. The molecule has 1 aromatic heterocycles. The summed E-state index contributed by atoms with van der Waals surface area (Å²) >= 11 is 0. The van der Waals surface area contributed by atoms with Gasteiger partial charge in [-0.2, -0.15) is 0 Å². The quantitative estimate of drug-likeness (QED) is 0.534. The number of nitrogens with one attached hydrogen (secondary N) is 3. The van der Waals surface area contributed by atoms with Crippen molar-refractivity contribution < 1.29 is 19.4 Å². The molecule has 4 N–H and O–H groups in total. The number of aliphatic carboxylic acids is 1. The number of hydrogen-bond acceptors (Lipinski definition) is 4. The molecular formula is C10H16N4O4. The molecule has 100 valence electrons. The van der Waals surface area contributed by atoms with E-state index in [0.717, 1.165) is 5.69 Å². The Hall–Kier alpha value is -2.09. The number of hydrogen-bond donors (Lipinski definition) is 4. The number of aromatic amines is 1. The van der Waals surface area contributed by atoms with Gasteiger partial charge in [-0.05, 0) is 0 Å². The van der Waals surface area contributed by atoms with Gasteiger partial charge in [-0.3, -0.25) is 4.79 Å². The number of rotatable bonds is 7. The van der Waals surface area contributed by atoms with Crippen molar-refractivity contribution in [3.8, 4) is 0 Å². The maximum absolute atomic E-state index is 11.4. The lowest BCUT2D eigenvalue weighted by Gasteiger charge is -2.14. The van der Waals surface area contributed by atoms with Gasteiger partial charge in [0.1, 0.15) is 0 Å². The largest absolute Gasteiger partial charge is 0.481 e. The number of amides is 2. The van der Waals surface area contributed by atoms with E-state index in [4.69, 9.17) is 9.84 Å². The van der Waals surface area contributed by atoms with Crippen molar-refractivity contribution in [2.45, 2.75) is 19.1 Å². The average Bonchev–Trinajstić information content (AvgIpc) is 2.84. The number of carbonyl (C=O) groups is 2. The van der Waals surface area contributed by atoms with Crippen LogP contribution in [0, 0.1) is 0 Å². The summed E-state index contributed by atoms with van der Waals surface area (Å²) in [5.74, 6) is -0.971. The molecule has 0 saturated heterocycles. The third kappa shape index (κ3) is 5.30. The molecule has 0 bridgehead atoms. The first-order valence-corrected chi connectivity index (χ1v) is 5.35. The van der Waals surface area contributed by atoms with Gasteiger partial charge in [0.2, 0.25) is 0 Å². The Balaban J connectivity index is 2.21. The van der Waals surface area contributed by atoms with Gasteiger partial charge in [0.25, 0.3) is 0 Å². The molecule has 0 fully saturated rings. The van der Waals surface area contributed by atoms with Crippen LogP contribution in [0.25, 0.3) is 0 Å². The van der Waals surface area contributed by atoms with Gasteiger partial charge in [-0.25, -0.2) is 9.78 Å². The molecule has 0 saturated carbocycles. The van der Waals surface area contributed by atoms with Crippen LogP contribution in [0.15, 0.2) is 12.5 Å². The second-order valence-electron chi connectivity index (χ2n) is 3.60. The SMILES string of the molecule is COC(CNC(=O)NCc1cnc[nH]1)CC(=O)O. The standard InChI is InChI=1S/C10H16N4O4/c1-18-8(2-9(15)16)5-13-10(17)12-4-7-3-11-6-14-7/h3,6,8H,2,4-5H2,1H3,(H,11,14)(H,15,16)(H2,12,13,17). The van der Waals surface area contributed by atoms with Gasteiger partial charge < -0.3 is 25.5 Å². The molecule has 1 rings (SSSR count). The lowest BCUT2D eigenvalue weighted by Crippen LogP contribution is -2.40. The fraction of sp³-hybridized carbons (Fsp3) is 0.500. The fourth-order valence-corrected chi connectivity index (χ4v) is 1.26. The normalized spacial score (nSPS) is 11.8. The molecule has 8 heteroatoms. The molecule has 1 heterocycles. The molecule has 0 radical (unpaired) electrons. The number of nitrogens with zero attached hydrogens (tertiary/aromatic N) is 1. The van der Waals surface area contributed by atoms with E-state index in [1.165, 1.54) is 13.4 Å². The van der Waals surface area contributed by atoms with E-state index >= 15 is 0 Å². The highest BCUT2D eigenvalue weighted by molar-refractivity contribution is 5.74. The van der Waals surface area contributed by atoms with Gasteiger partial charge in [0, 0.05) is 19.9 Å². The Labute approximate surface area is 104 Å². The van der Waals surface area contributed by atoms with E-state index in [1.54, 1.807) is 6.20 Å². The minimum atomic E-state index is -0.971. The summed E-state index contributed by atoms with van der Waals surface area (Å²) in [6.45, 7) is 0.458. The predicted octanol–water partition coefficient (Wildman–Crippen LogP) is -0.301. The first-order chi connectivity index (χ1) is 8.61. The lowest BCUT2D eigenvalue weighted by molar-refractivity contribution is -0.139. The second-order valence-corrected chi connectivity index (χ2v) is 3.60. The molecule has 0 aliphatic rings. The van der Waals surface area contributed by atoms with Gasteiger partial charge in [-0.15, -0.1) is 0 Å². The van der Waals surface area contributed by atoms with Crippen molar-refractivity contribution in [2.24, 2.45) is 0 Å². The number of carboxylic acids is 1. The van der Waals surface area contributed by atoms with Crippen LogP contribution in [0.3, 0.4) is 0 Å². The maximum atomic E-state index is 11.4. The van der Waals surface area contributed by atoms with Crippen LogP contribution in [0.1, 0.15) is 12.1 Å². The van der Waals surface area contributed by atoms with Crippen molar-refractivity contribution in [3.05, 3.63) is 18.2 Å². The van der Waals surface area contributed by atoms with Crippen molar-refractivity contribution in [3.63, 3.8) is 0 Å². The minimum absolute atomic E-state index is 0.137. The molecule has 1 unspecified atom stereocenters. The molecule has 0 aliphatic carbocycles. The van der Waals surface area contributed by atoms with Crippen molar-refractivity contribution in [1.29, 1.82) is 0 Å². The van der Waals surface area contributed by atoms with Crippen LogP contribution in [0.5, 0.6) is 0 Å². The van der Waals surface area contributed by atoms with E-state index < -0.39 is 18.1 Å². The zero-order valence-corrected chi connectivity index (χ0v) is 9.97. The highest BCUT2D eigenvalue weighted by Crippen LogP contribution is 1.95. The molecule has 1 atom stereocenters. The summed E-state index contributed by atoms with van der Waals surface area (Å²) in [6, 6.07) is -0.392. The number of carboxylic acid groups (broad SMARTS) is 1. The second kappa shape index (κ2) is 7.28. The monoisotopic (exact) mass is 256 g/mol. The summed E-state index contributed by atoms with van der Waals surface area (Å²) in [5.41, 5.74) is 0.777. The molecule has 1 aromatic rings. The molecular weight excluding hydrogens is 240 g/mol. The summed E-state index contributed by atoms with van der Waals surface area (Å²) in [4.78, 5) is 28.5. The highest BCUT2D eigenvalue weighted by atomic mass is 16.5. The Kier molecular flexibility index (Phi) is 5.65. The molecule has 2 amide bonds. The van der Waals surface area contributed by atoms with E-state index in [9.17, 15) is 9.59 Å².